The number of nitrogens with zero attached hydrogens (tertiary/aromatic N) is 2. The predicted molar refractivity (Wildman–Crippen MR) is 85.0 cm³/mol. The minimum atomic E-state index is -1.27. The summed E-state index contributed by atoms with van der Waals surface area (Å²) in [5.41, 5.74) is 2.65. The molecule has 1 aliphatic rings. The minimum absolute atomic E-state index is 0.331. The van der Waals surface area contributed by atoms with Crippen LogP contribution in [-0.4, -0.2) is 20.6 Å². The summed E-state index contributed by atoms with van der Waals surface area (Å²) in [5, 5.41) is 9.23. The Hall–Kier alpha value is -3.21. The first-order chi connectivity index (χ1) is 11.2. The number of aromatic nitrogens is 2. The van der Waals surface area contributed by atoms with Crippen molar-refractivity contribution in [1.82, 2.24) is 9.55 Å². The molecule has 2 heterocycles. The third-order valence-corrected chi connectivity index (χ3v) is 4.06. The van der Waals surface area contributed by atoms with Crippen LogP contribution < -0.4 is 5.56 Å². The van der Waals surface area contributed by atoms with E-state index in [0.717, 1.165) is 22.9 Å². The Morgan fingerprint density at radius 3 is 2.52 bits per heavy atom. The molecule has 0 saturated carbocycles. The van der Waals surface area contributed by atoms with Gasteiger partial charge in [-0.3, -0.25) is 9.36 Å². The number of hydrogen-bond donors (Lipinski definition) is 1. The van der Waals surface area contributed by atoms with Gasteiger partial charge in [0.05, 0.1) is 5.69 Å². The number of rotatable bonds is 1. The molecule has 2 aromatic carbocycles. The summed E-state index contributed by atoms with van der Waals surface area (Å²) in [7, 11) is 0. The summed E-state index contributed by atoms with van der Waals surface area (Å²) in [4.78, 5) is 28.3. The fraction of sp³-hybridized carbons (Fsp3) is 0.0556. The molecule has 0 fully saturated rings. The lowest BCUT2D eigenvalue weighted by molar-refractivity contribution is 0.0694. The van der Waals surface area contributed by atoms with E-state index in [0.29, 0.717) is 17.9 Å². The molecule has 1 aromatic heterocycles. The van der Waals surface area contributed by atoms with E-state index in [-0.39, 0.29) is 5.56 Å². The van der Waals surface area contributed by atoms with Gasteiger partial charge in [0.15, 0.2) is 0 Å². The lowest BCUT2D eigenvalue weighted by Gasteiger charge is -2.12. The van der Waals surface area contributed by atoms with Gasteiger partial charge in [-0.05, 0) is 17.2 Å². The molecule has 0 unspecified atom stereocenters. The van der Waals surface area contributed by atoms with Crippen molar-refractivity contribution in [3.05, 3.63) is 81.8 Å². The van der Waals surface area contributed by atoms with Gasteiger partial charge in [-0.15, -0.1) is 0 Å². The van der Waals surface area contributed by atoms with Crippen molar-refractivity contribution in [3.63, 3.8) is 0 Å². The predicted octanol–water partition coefficient (Wildman–Crippen LogP) is 2.50. The molecule has 0 aliphatic carbocycles. The summed E-state index contributed by atoms with van der Waals surface area (Å²) < 4.78 is 1.41. The molecule has 1 N–H and O–H groups in total. The standard InChI is InChI=1S/C18H12N2O3/c21-17-14(18(22)23)10-19-16-13-7-3-1-5-11(13)9-12-6-2-4-8-15(12)20(16)17/h1-8,10H,9H2,(H,22,23). The Labute approximate surface area is 131 Å². The van der Waals surface area contributed by atoms with Crippen molar-refractivity contribution in [2.24, 2.45) is 0 Å². The smallest absolute Gasteiger partial charge is 0.342 e. The van der Waals surface area contributed by atoms with Crippen LogP contribution in [0.2, 0.25) is 0 Å². The normalized spacial score (nSPS) is 11.8. The molecule has 0 amide bonds. The molecule has 3 aromatic rings. The maximum Gasteiger partial charge on any atom is 0.342 e. The fourth-order valence-electron chi connectivity index (χ4n) is 2.99. The van der Waals surface area contributed by atoms with E-state index >= 15 is 0 Å². The van der Waals surface area contributed by atoms with Crippen molar-refractivity contribution in [2.45, 2.75) is 6.42 Å². The van der Waals surface area contributed by atoms with Crippen LogP contribution in [-0.2, 0) is 6.42 Å². The van der Waals surface area contributed by atoms with Gasteiger partial charge in [0.25, 0.3) is 5.56 Å². The molecular formula is C18H12N2O3. The molecule has 0 radical (unpaired) electrons. The molecule has 23 heavy (non-hydrogen) atoms. The summed E-state index contributed by atoms with van der Waals surface area (Å²) in [6.45, 7) is 0. The SMILES string of the molecule is O=C(O)c1cnc2n(c1=O)-c1ccccc1Cc1ccccc1-2. The number of aromatic carboxylic acids is 1. The van der Waals surface area contributed by atoms with E-state index in [2.05, 4.69) is 4.98 Å². The number of carboxylic acids is 1. The van der Waals surface area contributed by atoms with E-state index in [1.807, 2.05) is 48.5 Å². The Morgan fingerprint density at radius 2 is 1.74 bits per heavy atom. The molecule has 112 valence electrons. The van der Waals surface area contributed by atoms with Crippen LogP contribution in [0.15, 0.2) is 59.5 Å². The van der Waals surface area contributed by atoms with Gasteiger partial charge in [0.1, 0.15) is 11.4 Å². The van der Waals surface area contributed by atoms with Gasteiger partial charge in [-0.2, -0.15) is 0 Å². The van der Waals surface area contributed by atoms with Crippen molar-refractivity contribution in [1.29, 1.82) is 0 Å². The molecule has 0 saturated heterocycles. The molecule has 4 rings (SSSR count). The first-order valence-corrected chi connectivity index (χ1v) is 7.18. The van der Waals surface area contributed by atoms with Crippen LogP contribution in [0.5, 0.6) is 0 Å². The van der Waals surface area contributed by atoms with Crippen LogP contribution in [0.4, 0.5) is 0 Å². The molecule has 1 aliphatic heterocycles. The Kier molecular flexibility index (Phi) is 2.87. The summed E-state index contributed by atoms with van der Waals surface area (Å²) in [6.07, 6.45) is 1.80. The minimum Gasteiger partial charge on any atom is -0.477 e. The summed E-state index contributed by atoms with van der Waals surface area (Å²) in [5.74, 6) is -0.798. The monoisotopic (exact) mass is 304 g/mol. The number of benzene rings is 2. The van der Waals surface area contributed by atoms with Crippen LogP contribution in [0.1, 0.15) is 21.5 Å². The van der Waals surface area contributed by atoms with Crippen molar-refractivity contribution in [2.75, 3.05) is 0 Å². The van der Waals surface area contributed by atoms with Crippen molar-refractivity contribution in [3.8, 4) is 17.1 Å². The third-order valence-electron chi connectivity index (χ3n) is 4.06. The van der Waals surface area contributed by atoms with Crippen LogP contribution in [0, 0.1) is 0 Å². The molecule has 5 nitrogen and oxygen atoms in total. The van der Waals surface area contributed by atoms with Gasteiger partial charge in [-0.25, -0.2) is 9.78 Å². The summed E-state index contributed by atoms with van der Waals surface area (Å²) in [6, 6.07) is 15.2. The Balaban J connectivity index is 2.18. The van der Waals surface area contributed by atoms with Crippen LogP contribution in [0.25, 0.3) is 17.1 Å². The van der Waals surface area contributed by atoms with Crippen molar-refractivity contribution >= 4 is 5.97 Å². The average Bonchev–Trinajstić information content (AvgIpc) is 2.69. The van der Waals surface area contributed by atoms with Crippen LogP contribution in [0.3, 0.4) is 0 Å². The zero-order valence-electron chi connectivity index (χ0n) is 12.1. The lowest BCUT2D eigenvalue weighted by Crippen LogP contribution is -2.27. The quantitative estimate of drug-likeness (QED) is 0.586. The van der Waals surface area contributed by atoms with Crippen molar-refractivity contribution < 1.29 is 9.90 Å². The maximum absolute atomic E-state index is 12.7. The topological polar surface area (TPSA) is 72.2 Å². The molecule has 0 spiro atoms. The zero-order valence-corrected chi connectivity index (χ0v) is 12.1. The van der Waals surface area contributed by atoms with Gasteiger partial charge >= 0.3 is 5.97 Å². The number of carbonyl (C=O) groups is 1. The fourth-order valence-corrected chi connectivity index (χ4v) is 2.99. The average molecular weight is 304 g/mol. The van der Waals surface area contributed by atoms with E-state index in [1.165, 1.54) is 4.57 Å². The number of carboxylic acid groups (broad SMARTS) is 1. The van der Waals surface area contributed by atoms with Gasteiger partial charge in [0.2, 0.25) is 0 Å². The highest BCUT2D eigenvalue weighted by Gasteiger charge is 2.23. The number of hydrogen-bond acceptors (Lipinski definition) is 3. The molecule has 0 bridgehead atoms. The molecular weight excluding hydrogens is 292 g/mol. The van der Waals surface area contributed by atoms with Gasteiger partial charge < -0.3 is 5.11 Å². The van der Waals surface area contributed by atoms with E-state index < -0.39 is 11.5 Å². The first-order valence-electron chi connectivity index (χ1n) is 7.18. The Morgan fingerprint density at radius 1 is 1.04 bits per heavy atom. The number of para-hydroxylation sites is 1. The Bertz CT molecular complexity index is 1010. The number of fused-ring (bicyclic) bond motifs is 5. The van der Waals surface area contributed by atoms with Gasteiger partial charge in [0, 0.05) is 18.2 Å². The molecule has 5 heteroatoms. The molecule has 0 atom stereocenters. The maximum atomic E-state index is 12.7. The second kappa shape index (κ2) is 4.91. The zero-order chi connectivity index (χ0) is 16.0. The van der Waals surface area contributed by atoms with E-state index in [4.69, 9.17) is 0 Å². The van der Waals surface area contributed by atoms with E-state index in [9.17, 15) is 14.7 Å². The third kappa shape index (κ3) is 1.97. The van der Waals surface area contributed by atoms with Gasteiger partial charge in [-0.1, -0.05) is 42.5 Å². The second-order valence-electron chi connectivity index (χ2n) is 5.40. The lowest BCUT2D eigenvalue weighted by atomic mass is 10.0. The second-order valence-corrected chi connectivity index (χ2v) is 5.40. The highest BCUT2D eigenvalue weighted by atomic mass is 16.4. The largest absolute Gasteiger partial charge is 0.477 e. The summed E-state index contributed by atoms with van der Waals surface area (Å²) >= 11 is 0. The van der Waals surface area contributed by atoms with Crippen LogP contribution >= 0.6 is 0 Å². The first kappa shape index (κ1) is 13.5. The highest BCUT2D eigenvalue weighted by molar-refractivity contribution is 5.87. The highest BCUT2D eigenvalue weighted by Crippen LogP contribution is 2.31. The van der Waals surface area contributed by atoms with E-state index in [1.54, 1.807) is 0 Å².